The van der Waals surface area contributed by atoms with Gasteiger partial charge in [0.1, 0.15) is 11.1 Å². The number of fused-ring (bicyclic) bond motifs is 1. The Hall–Kier alpha value is -2.00. The Balaban J connectivity index is 2.89. The summed E-state index contributed by atoms with van der Waals surface area (Å²) in [6.07, 6.45) is -10.4. The molecule has 21 heavy (non-hydrogen) atoms. The third-order valence-corrected chi connectivity index (χ3v) is 3.10. The van der Waals surface area contributed by atoms with Crippen LogP contribution in [0.15, 0.2) is 6.07 Å². The number of nitro groups is 1. The fraction of sp³-hybridized carbons (Fsp3) is 0.455. The predicted molar refractivity (Wildman–Crippen MR) is 59.9 cm³/mol. The van der Waals surface area contributed by atoms with Gasteiger partial charge in [-0.05, 0) is 24.5 Å². The molecule has 1 aliphatic rings. The summed E-state index contributed by atoms with van der Waals surface area (Å²) < 4.78 is 77.7. The van der Waals surface area contributed by atoms with Gasteiger partial charge in [0.15, 0.2) is 0 Å². The van der Waals surface area contributed by atoms with E-state index in [2.05, 4.69) is 5.32 Å². The Labute approximate surface area is 113 Å². The molecule has 0 saturated heterocycles. The summed E-state index contributed by atoms with van der Waals surface area (Å²) in [5.74, 6) is 0. The third kappa shape index (κ3) is 2.74. The summed E-state index contributed by atoms with van der Waals surface area (Å²) in [4.78, 5) is 9.18. The van der Waals surface area contributed by atoms with E-state index in [1.807, 2.05) is 0 Å². The van der Waals surface area contributed by atoms with Gasteiger partial charge in [-0.2, -0.15) is 26.3 Å². The van der Waals surface area contributed by atoms with Crippen LogP contribution in [0.25, 0.3) is 0 Å². The van der Waals surface area contributed by atoms with E-state index in [0.717, 1.165) is 0 Å². The van der Waals surface area contributed by atoms with Crippen molar-refractivity contribution in [2.45, 2.75) is 25.2 Å². The van der Waals surface area contributed by atoms with Crippen molar-refractivity contribution in [2.24, 2.45) is 0 Å². The highest BCUT2D eigenvalue weighted by atomic mass is 19.4. The van der Waals surface area contributed by atoms with Gasteiger partial charge in [0.05, 0.1) is 4.92 Å². The van der Waals surface area contributed by atoms with Crippen LogP contribution in [0.2, 0.25) is 0 Å². The largest absolute Gasteiger partial charge is 0.423 e. The van der Waals surface area contributed by atoms with Gasteiger partial charge in [-0.15, -0.1) is 0 Å². The third-order valence-electron chi connectivity index (χ3n) is 3.10. The smallest absolute Gasteiger partial charge is 0.385 e. The fourth-order valence-electron chi connectivity index (χ4n) is 2.33. The van der Waals surface area contributed by atoms with Gasteiger partial charge >= 0.3 is 12.4 Å². The van der Waals surface area contributed by atoms with Gasteiger partial charge in [0.2, 0.25) is 0 Å². The molecule has 1 aromatic carbocycles. The highest BCUT2D eigenvalue weighted by Crippen LogP contribution is 2.48. The molecule has 0 aromatic heterocycles. The van der Waals surface area contributed by atoms with Crippen molar-refractivity contribution < 1.29 is 31.3 Å². The van der Waals surface area contributed by atoms with E-state index in [-0.39, 0.29) is 25.1 Å². The second kappa shape index (κ2) is 4.78. The minimum Gasteiger partial charge on any atom is -0.385 e. The molecule has 1 heterocycles. The molecule has 0 radical (unpaired) electrons. The highest BCUT2D eigenvalue weighted by Gasteiger charge is 2.49. The number of rotatable bonds is 1. The molecule has 1 aromatic rings. The quantitative estimate of drug-likeness (QED) is 0.484. The van der Waals surface area contributed by atoms with Crippen molar-refractivity contribution in [3.05, 3.63) is 32.9 Å². The van der Waals surface area contributed by atoms with Crippen molar-refractivity contribution in [2.75, 3.05) is 11.9 Å². The van der Waals surface area contributed by atoms with E-state index < -0.39 is 39.7 Å². The first-order valence-corrected chi connectivity index (χ1v) is 5.76. The molecule has 0 unspecified atom stereocenters. The minimum atomic E-state index is -5.25. The van der Waals surface area contributed by atoms with Crippen LogP contribution in [0.3, 0.4) is 0 Å². The second-order valence-electron chi connectivity index (χ2n) is 4.46. The van der Waals surface area contributed by atoms with E-state index in [4.69, 9.17) is 0 Å². The van der Waals surface area contributed by atoms with Crippen LogP contribution in [0.4, 0.5) is 37.7 Å². The van der Waals surface area contributed by atoms with E-state index in [1.165, 1.54) is 0 Å². The molecule has 0 spiro atoms. The number of alkyl halides is 6. The predicted octanol–water partition coefficient (Wildman–Crippen LogP) is 3.99. The van der Waals surface area contributed by atoms with Crippen LogP contribution in [-0.2, 0) is 18.8 Å². The molecule has 0 saturated carbocycles. The molecular weight excluding hydrogens is 306 g/mol. The standard InChI is InChI=1S/C11H8F6N2O2/c12-10(13,14)6-4-7-5(2-1-3-18-7)8(11(15,16)17)9(6)19(20)21/h4,18H,1-3H2. The summed E-state index contributed by atoms with van der Waals surface area (Å²) in [5.41, 5.74) is -6.49. The van der Waals surface area contributed by atoms with E-state index in [1.54, 1.807) is 0 Å². The lowest BCUT2D eigenvalue weighted by atomic mass is 9.92. The van der Waals surface area contributed by atoms with Crippen LogP contribution in [0.1, 0.15) is 23.1 Å². The first-order valence-electron chi connectivity index (χ1n) is 5.76. The number of nitro benzene ring substituents is 1. The van der Waals surface area contributed by atoms with Crippen LogP contribution in [0.5, 0.6) is 0 Å². The SMILES string of the molecule is O=[N+]([O-])c1c(C(F)(F)F)cc2c(c1C(F)(F)F)CCCN2. The van der Waals surface area contributed by atoms with Crippen molar-refractivity contribution >= 4 is 11.4 Å². The van der Waals surface area contributed by atoms with Gasteiger partial charge in [-0.3, -0.25) is 10.1 Å². The van der Waals surface area contributed by atoms with Crippen LogP contribution >= 0.6 is 0 Å². The summed E-state index contributed by atoms with van der Waals surface area (Å²) in [6, 6.07) is 0.377. The molecule has 0 fully saturated rings. The molecule has 1 N–H and O–H groups in total. The summed E-state index contributed by atoms with van der Waals surface area (Å²) in [5, 5.41) is 13.2. The number of nitrogens with one attached hydrogen (secondary N) is 1. The van der Waals surface area contributed by atoms with Crippen molar-refractivity contribution in [3.8, 4) is 0 Å². The summed E-state index contributed by atoms with van der Waals surface area (Å²) >= 11 is 0. The molecule has 10 heteroatoms. The lowest BCUT2D eigenvalue weighted by Gasteiger charge is -2.24. The van der Waals surface area contributed by atoms with Gasteiger partial charge in [-0.1, -0.05) is 0 Å². The topological polar surface area (TPSA) is 55.2 Å². The molecule has 0 bridgehead atoms. The Morgan fingerprint density at radius 2 is 1.76 bits per heavy atom. The molecule has 0 aliphatic carbocycles. The number of benzene rings is 1. The number of anilines is 1. The zero-order valence-corrected chi connectivity index (χ0v) is 10.2. The monoisotopic (exact) mass is 314 g/mol. The maximum Gasteiger partial charge on any atom is 0.423 e. The lowest BCUT2D eigenvalue weighted by molar-refractivity contribution is -0.391. The summed E-state index contributed by atoms with van der Waals surface area (Å²) in [6.45, 7) is 0.208. The number of hydrogen-bond donors (Lipinski definition) is 1. The van der Waals surface area contributed by atoms with E-state index >= 15 is 0 Å². The van der Waals surface area contributed by atoms with Crippen LogP contribution in [0, 0.1) is 10.1 Å². The maximum atomic E-state index is 13.1. The number of halogens is 6. The summed E-state index contributed by atoms with van der Waals surface area (Å²) in [7, 11) is 0. The molecular formula is C11H8F6N2O2. The molecule has 116 valence electrons. The van der Waals surface area contributed by atoms with Crippen molar-refractivity contribution in [1.82, 2.24) is 0 Å². The van der Waals surface area contributed by atoms with Gasteiger partial charge < -0.3 is 5.32 Å². The zero-order valence-electron chi connectivity index (χ0n) is 10.2. The van der Waals surface area contributed by atoms with E-state index in [9.17, 15) is 36.5 Å². The normalized spacial score (nSPS) is 15.3. The zero-order chi connectivity index (χ0) is 16.0. The lowest BCUT2D eigenvalue weighted by Crippen LogP contribution is -2.23. The number of hydrogen-bond acceptors (Lipinski definition) is 3. The average molecular weight is 314 g/mol. The first kappa shape index (κ1) is 15.4. The Kier molecular flexibility index (Phi) is 3.50. The Morgan fingerprint density at radius 1 is 1.14 bits per heavy atom. The average Bonchev–Trinajstić information content (AvgIpc) is 2.33. The Bertz CT molecular complexity index is 594. The van der Waals surface area contributed by atoms with Crippen molar-refractivity contribution in [3.63, 3.8) is 0 Å². The highest BCUT2D eigenvalue weighted by molar-refractivity contribution is 5.68. The molecule has 0 atom stereocenters. The van der Waals surface area contributed by atoms with Crippen LogP contribution < -0.4 is 5.32 Å². The van der Waals surface area contributed by atoms with E-state index in [0.29, 0.717) is 6.07 Å². The first-order chi connectivity index (χ1) is 9.53. The molecule has 0 amide bonds. The molecule has 2 rings (SSSR count). The molecule has 1 aliphatic heterocycles. The molecule has 4 nitrogen and oxygen atoms in total. The van der Waals surface area contributed by atoms with Crippen molar-refractivity contribution in [1.29, 1.82) is 0 Å². The Morgan fingerprint density at radius 3 is 2.24 bits per heavy atom. The van der Waals surface area contributed by atoms with Gasteiger partial charge in [0, 0.05) is 12.2 Å². The number of nitrogens with zero attached hydrogens (tertiary/aromatic N) is 1. The minimum absolute atomic E-state index is 0.170. The maximum absolute atomic E-state index is 13.1. The second-order valence-corrected chi connectivity index (χ2v) is 4.46. The van der Waals surface area contributed by atoms with Gasteiger partial charge in [0.25, 0.3) is 5.69 Å². The van der Waals surface area contributed by atoms with Crippen LogP contribution in [-0.4, -0.2) is 11.5 Å². The fourth-order valence-corrected chi connectivity index (χ4v) is 2.33. The van der Waals surface area contributed by atoms with Gasteiger partial charge in [-0.25, -0.2) is 0 Å².